The minimum Gasteiger partial charge on any atom is -0.435 e. The Balaban J connectivity index is 0.000000313. The maximum atomic E-state index is 11.6. The third-order valence-electron chi connectivity index (χ3n) is 5.12. The molecular weight excluding hydrogens is 422 g/mol. The molecule has 0 spiro atoms. The first-order chi connectivity index (χ1) is 16.5. The van der Waals surface area contributed by atoms with Crippen LogP contribution in [0.15, 0.2) is 84.9 Å². The third-order valence-corrected chi connectivity index (χ3v) is 5.12. The molecule has 2 saturated heterocycles. The van der Waals surface area contributed by atoms with E-state index < -0.39 is 11.7 Å². The van der Waals surface area contributed by atoms with Crippen molar-refractivity contribution in [3.63, 3.8) is 0 Å². The van der Waals surface area contributed by atoms with Gasteiger partial charge in [0, 0.05) is 11.1 Å². The number of carbonyl (C=O) groups is 1. The second-order valence-electron chi connectivity index (χ2n) is 7.47. The summed E-state index contributed by atoms with van der Waals surface area (Å²) in [5, 5.41) is 2.62. The summed E-state index contributed by atoms with van der Waals surface area (Å²) in [5.74, 6) is 6.26. The highest BCUT2D eigenvalue weighted by Crippen LogP contribution is 2.44. The first-order valence-electron chi connectivity index (χ1n) is 11.9. The summed E-state index contributed by atoms with van der Waals surface area (Å²) in [5.41, 5.74) is 3.37. The zero-order valence-electron chi connectivity index (χ0n) is 21.0. The van der Waals surface area contributed by atoms with Gasteiger partial charge >= 0.3 is 6.09 Å². The maximum Gasteiger partial charge on any atom is 0.410 e. The Bertz CT molecular complexity index is 1070. The van der Waals surface area contributed by atoms with Gasteiger partial charge in [-0.15, -0.1) is 0 Å². The minimum atomic E-state index is -0.752. The van der Waals surface area contributed by atoms with Crippen LogP contribution in [0.3, 0.4) is 0 Å². The zero-order valence-corrected chi connectivity index (χ0v) is 21.0. The normalized spacial score (nSPS) is 20.9. The number of ether oxygens (including phenoxy) is 2. The number of nitrogens with one attached hydrogen (secondary N) is 1. The molecule has 3 unspecified atom stereocenters. The second kappa shape index (κ2) is 13.2. The number of alkyl carbamates (subject to hydrolysis) is 1. The molecule has 0 bridgehead atoms. The largest absolute Gasteiger partial charge is 0.435 e. The Morgan fingerprint density at radius 1 is 0.765 bits per heavy atom. The van der Waals surface area contributed by atoms with E-state index in [9.17, 15) is 4.79 Å². The van der Waals surface area contributed by atoms with E-state index in [1.807, 2.05) is 107 Å². The minimum absolute atomic E-state index is 0.138. The Morgan fingerprint density at radius 3 is 1.76 bits per heavy atom. The third kappa shape index (κ3) is 7.23. The smallest absolute Gasteiger partial charge is 0.410 e. The van der Waals surface area contributed by atoms with Crippen LogP contribution in [0.1, 0.15) is 56.9 Å². The van der Waals surface area contributed by atoms with Crippen LogP contribution >= 0.6 is 0 Å². The number of cyclic esters (lactones) is 1. The highest BCUT2D eigenvalue weighted by atomic mass is 16.7. The van der Waals surface area contributed by atoms with Crippen molar-refractivity contribution in [3.8, 4) is 11.8 Å². The first-order valence-corrected chi connectivity index (χ1v) is 11.9. The van der Waals surface area contributed by atoms with Gasteiger partial charge in [0.1, 0.15) is 6.10 Å². The summed E-state index contributed by atoms with van der Waals surface area (Å²) in [6.45, 7) is 12.0. The lowest BCUT2D eigenvalue weighted by Gasteiger charge is -2.31. The van der Waals surface area contributed by atoms with Crippen LogP contribution in [0.25, 0.3) is 0 Å². The Hall–Kier alpha value is -3.55. The van der Waals surface area contributed by atoms with Crippen molar-refractivity contribution in [2.24, 2.45) is 0 Å². The number of amides is 1. The fourth-order valence-corrected chi connectivity index (χ4v) is 3.35. The van der Waals surface area contributed by atoms with E-state index >= 15 is 0 Å². The zero-order chi connectivity index (χ0) is 25.0. The molecule has 2 heterocycles. The molecule has 4 nitrogen and oxygen atoms in total. The fraction of sp³-hybridized carbons (Fsp3) is 0.300. The fourth-order valence-electron chi connectivity index (χ4n) is 3.35. The molecule has 0 aliphatic carbocycles. The molecule has 4 heteroatoms. The molecule has 34 heavy (non-hydrogen) atoms. The lowest BCUT2D eigenvalue weighted by Crippen LogP contribution is -2.47. The van der Waals surface area contributed by atoms with Gasteiger partial charge < -0.3 is 9.47 Å². The van der Waals surface area contributed by atoms with Gasteiger partial charge in [-0.3, -0.25) is 5.32 Å². The number of hydrogen-bond donors (Lipinski definition) is 1. The van der Waals surface area contributed by atoms with Crippen molar-refractivity contribution >= 4 is 6.09 Å². The lowest BCUT2D eigenvalue weighted by molar-refractivity contribution is -0.00455. The number of fused-ring (bicyclic) bond motifs is 1. The van der Waals surface area contributed by atoms with E-state index in [4.69, 9.17) is 9.47 Å². The molecule has 3 aromatic rings. The average molecular weight is 458 g/mol. The summed E-state index contributed by atoms with van der Waals surface area (Å²) >= 11 is 0. The second-order valence-corrected chi connectivity index (χ2v) is 7.47. The van der Waals surface area contributed by atoms with E-state index in [0.717, 1.165) is 16.7 Å². The van der Waals surface area contributed by atoms with Crippen LogP contribution in [-0.2, 0) is 15.1 Å². The molecule has 0 aromatic heterocycles. The van der Waals surface area contributed by atoms with Gasteiger partial charge in [-0.25, -0.2) is 4.79 Å². The van der Waals surface area contributed by atoms with Crippen LogP contribution in [0, 0.1) is 18.8 Å². The highest BCUT2D eigenvalue weighted by Gasteiger charge is 2.60. The standard InChI is InChI=1S/C19H15NO3.C7H8.2C2H6/c1-19(16-17(22-16)20-18(21)23-19)15-11-9-14(10-12-15)8-7-13-5-3-2-4-6-13;1-7-5-3-2-4-6-7;2*1-2/h2-6,9-12,16-17H,1H3,(H,20,21);2-6H,1H3;2*1-2H3. The van der Waals surface area contributed by atoms with E-state index in [1.54, 1.807) is 0 Å². The van der Waals surface area contributed by atoms with Gasteiger partial charge in [0.15, 0.2) is 11.8 Å². The maximum absolute atomic E-state index is 11.6. The van der Waals surface area contributed by atoms with Gasteiger partial charge in [-0.2, -0.15) is 0 Å². The molecule has 2 aliphatic heterocycles. The summed E-state index contributed by atoms with van der Waals surface area (Å²) < 4.78 is 10.9. The molecule has 0 radical (unpaired) electrons. The Kier molecular flexibility index (Phi) is 10.4. The van der Waals surface area contributed by atoms with Crippen LogP contribution in [0.4, 0.5) is 4.79 Å². The average Bonchev–Trinajstić information content (AvgIpc) is 3.67. The summed E-state index contributed by atoms with van der Waals surface area (Å²) in [7, 11) is 0. The van der Waals surface area contributed by atoms with Crippen molar-refractivity contribution in [2.75, 3.05) is 0 Å². The highest BCUT2D eigenvalue weighted by molar-refractivity contribution is 5.70. The van der Waals surface area contributed by atoms with Crippen LogP contribution in [0.2, 0.25) is 0 Å². The van der Waals surface area contributed by atoms with Gasteiger partial charge in [0.2, 0.25) is 0 Å². The topological polar surface area (TPSA) is 50.9 Å². The van der Waals surface area contributed by atoms with Gasteiger partial charge in [-0.05, 0) is 43.7 Å². The van der Waals surface area contributed by atoms with E-state index in [1.165, 1.54) is 5.56 Å². The van der Waals surface area contributed by atoms with Crippen LogP contribution < -0.4 is 5.32 Å². The predicted molar refractivity (Wildman–Crippen MR) is 138 cm³/mol. The lowest BCUT2D eigenvalue weighted by atomic mass is 9.90. The summed E-state index contributed by atoms with van der Waals surface area (Å²) in [4.78, 5) is 11.6. The van der Waals surface area contributed by atoms with Gasteiger partial charge in [-0.1, -0.05) is 106 Å². The van der Waals surface area contributed by atoms with E-state index in [-0.39, 0.29) is 12.3 Å². The number of benzene rings is 3. The monoisotopic (exact) mass is 457 g/mol. The van der Waals surface area contributed by atoms with Gasteiger partial charge in [0.05, 0.1) is 0 Å². The number of carbonyl (C=O) groups excluding carboxylic acids is 1. The molecule has 2 aliphatic rings. The SMILES string of the molecule is CC.CC.CC1(c2ccc(C#Cc3ccccc3)cc2)OC(=O)NC2OC21.Cc1ccccc1. The number of hydrogen-bond acceptors (Lipinski definition) is 3. The molecule has 3 aromatic carbocycles. The number of aryl methyl sites for hydroxylation is 1. The van der Waals surface area contributed by atoms with Crippen LogP contribution in [-0.4, -0.2) is 18.4 Å². The molecule has 5 rings (SSSR count). The molecule has 1 amide bonds. The molecule has 178 valence electrons. The quantitative estimate of drug-likeness (QED) is 0.322. The van der Waals surface area contributed by atoms with E-state index in [0.29, 0.717) is 0 Å². The molecule has 0 saturated carbocycles. The Morgan fingerprint density at radius 2 is 1.26 bits per heavy atom. The molecule has 1 N–H and O–H groups in total. The van der Waals surface area contributed by atoms with Crippen molar-refractivity contribution < 1.29 is 14.3 Å². The summed E-state index contributed by atoms with van der Waals surface area (Å²) in [6, 6.07) is 27.8. The Labute approximate surface area is 204 Å². The van der Waals surface area contributed by atoms with Crippen LogP contribution in [0.5, 0.6) is 0 Å². The molecular formula is C30H35NO3. The molecule has 3 atom stereocenters. The van der Waals surface area contributed by atoms with Crippen molar-refractivity contribution in [1.82, 2.24) is 5.32 Å². The number of rotatable bonds is 1. The van der Waals surface area contributed by atoms with Crippen molar-refractivity contribution in [3.05, 3.63) is 107 Å². The van der Waals surface area contributed by atoms with E-state index in [2.05, 4.69) is 36.2 Å². The van der Waals surface area contributed by atoms with Crippen molar-refractivity contribution in [1.29, 1.82) is 0 Å². The van der Waals surface area contributed by atoms with Gasteiger partial charge in [0.25, 0.3) is 0 Å². The first kappa shape index (κ1) is 26.7. The summed E-state index contributed by atoms with van der Waals surface area (Å²) in [6.07, 6.45) is -0.820. The predicted octanol–water partition coefficient (Wildman–Crippen LogP) is 6.81. The van der Waals surface area contributed by atoms with Crippen molar-refractivity contribution in [2.45, 2.75) is 59.5 Å². The molecule has 2 fully saturated rings. The number of epoxide rings is 1.